The van der Waals surface area contributed by atoms with Gasteiger partial charge in [-0.1, -0.05) is 6.07 Å². The summed E-state index contributed by atoms with van der Waals surface area (Å²) in [4.78, 5) is 27.1. The number of aromatic nitrogens is 1. The minimum Gasteiger partial charge on any atom is -0.334 e. The van der Waals surface area contributed by atoms with E-state index in [1.807, 2.05) is 13.8 Å². The molecule has 0 aliphatic heterocycles. The highest BCUT2D eigenvalue weighted by molar-refractivity contribution is 6.18. The molecule has 0 unspecified atom stereocenters. The number of aromatic amines is 1. The molecule has 0 saturated heterocycles. The van der Waals surface area contributed by atoms with Crippen LogP contribution in [0, 0.1) is 0 Å². The summed E-state index contributed by atoms with van der Waals surface area (Å²) in [7, 11) is 1.66. The van der Waals surface area contributed by atoms with Gasteiger partial charge in [-0.25, -0.2) is 0 Å². The highest BCUT2D eigenvalue weighted by Gasteiger charge is 2.27. The highest BCUT2D eigenvalue weighted by atomic mass is 35.5. The number of halogens is 1. The number of pyridine rings is 1. The van der Waals surface area contributed by atoms with Crippen molar-refractivity contribution in [3.8, 4) is 0 Å². The van der Waals surface area contributed by atoms with E-state index >= 15 is 0 Å². The van der Waals surface area contributed by atoms with E-state index in [0.717, 1.165) is 0 Å². The quantitative estimate of drug-likeness (QED) is 0.816. The maximum Gasteiger partial charge on any atom is 0.270 e. The fourth-order valence-corrected chi connectivity index (χ4v) is 1.30. The van der Waals surface area contributed by atoms with Crippen molar-refractivity contribution in [3.63, 3.8) is 0 Å². The van der Waals surface area contributed by atoms with E-state index in [1.165, 1.54) is 11.0 Å². The number of nitrogens with one attached hydrogen (secondary N) is 1. The van der Waals surface area contributed by atoms with Gasteiger partial charge in [0.1, 0.15) is 5.69 Å². The molecule has 0 saturated carbocycles. The van der Waals surface area contributed by atoms with E-state index in [2.05, 4.69) is 4.98 Å². The molecule has 1 N–H and O–H groups in total. The Balaban J connectivity index is 2.99. The molecule has 88 valence electrons. The molecular weight excluding hydrogens is 228 g/mol. The maximum absolute atomic E-state index is 12.0. The Kier molecular flexibility index (Phi) is 3.75. The zero-order chi connectivity index (χ0) is 12.3. The van der Waals surface area contributed by atoms with Crippen molar-refractivity contribution >= 4 is 17.5 Å². The molecule has 5 heteroatoms. The van der Waals surface area contributed by atoms with E-state index in [9.17, 15) is 9.59 Å². The van der Waals surface area contributed by atoms with Gasteiger partial charge in [0.25, 0.3) is 5.91 Å². The topological polar surface area (TPSA) is 53.2 Å². The van der Waals surface area contributed by atoms with E-state index in [4.69, 9.17) is 11.6 Å². The number of H-pyrrole nitrogens is 1. The monoisotopic (exact) mass is 242 g/mol. The largest absolute Gasteiger partial charge is 0.334 e. The van der Waals surface area contributed by atoms with E-state index in [1.54, 1.807) is 19.2 Å². The molecule has 1 aromatic rings. The Bertz CT molecular complexity index is 440. The summed E-state index contributed by atoms with van der Waals surface area (Å²) >= 11 is 5.79. The molecule has 1 aromatic heterocycles. The molecular formula is C11H15ClN2O2. The molecule has 0 aliphatic rings. The summed E-state index contributed by atoms with van der Waals surface area (Å²) in [6.07, 6.45) is 0. The predicted octanol–water partition coefficient (Wildman–Crippen LogP) is 1.46. The van der Waals surface area contributed by atoms with Crippen molar-refractivity contribution in [2.24, 2.45) is 0 Å². The average molecular weight is 243 g/mol. The lowest BCUT2D eigenvalue weighted by Crippen LogP contribution is -2.46. The molecule has 1 amide bonds. The van der Waals surface area contributed by atoms with Crippen molar-refractivity contribution in [2.45, 2.75) is 19.4 Å². The van der Waals surface area contributed by atoms with Gasteiger partial charge in [0.2, 0.25) is 5.56 Å². The number of alkyl halides is 1. The van der Waals surface area contributed by atoms with Crippen LogP contribution < -0.4 is 5.56 Å². The second-order valence-corrected chi connectivity index (χ2v) is 4.51. The molecule has 0 radical (unpaired) electrons. The first-order chi connectivity index (χ1) is 7.38. The molecule has 0 spiro atoms. The summed E-state index contributed by atoms with van der Waals surface area (Å²) in [5.74, 6) is 0.0788. The Morgan fingerprint density at radius 2 is 2.12 bits per heavy atom. The molecule has 0 bridgehead atoms. The fourth-order valence-electron chi connectivity index (χ4n) is 1.12. The molecule has 0 aliphatic carbocycles. The van der Waals surface area contributed by atoms with Gasteiger partial charge in [-0.05, 0) is 19.9 Å². The van der Waals surface area contributed by atoms with Crippen molar-refractivity contribution in [3.05, 3.63) is 34.2 Å². The number of amides is 1. The fraction of sp³-hybridized carbons (Fsp3) is 0.455. The van der Waals surface area contributed by atoms with Crippen LogP contribution in [-0.4, -0.2) is 34.3 Å². The van der Waals surface area contributed by atoms with E-state index in [0.29, 0.717) is 5.88 Å². The van der Waals surface area contributed by atoms with Crippen LogP contribution in [0.5, 0.6) is 0 Å². The van der Waals surface area contributed by atoms with Crippen molar-refractivity contribution in [1.29, 1.82) is 0 Å². The van der Waals surface area contributed by atoms with Crippen LogP contribution >= 0.6 is 11.6 Å². The van der Waals surface area contributed by atoms with Gasteiger partial charge in [0, 0.05) is 19.0 Å². The van der Waals surface area contributed by atoms with Crippen molar-refractivity contribution < 1.29 is 4.79 Å². The summed E-state index contributed by atoms with van der Waals surface area (Å²) in [6.45, 7) is 3.72. The van der Waals surface area contributed by atoms with E-state index < -0.39 is 5.54 Å². The van der Waals surface area contributed by atoms with Gasteiger partial charge in [-0.2, -0.15) is 0 Å². The molecule has 1 rings (SSSR count). The summed E-state index contributed by atoms with van der Waals surface area (Å²) in [5, 5.41) is 0. The van der Waals surface area contributed by atoms with Gasteiger partial charge in [0.05, 0.1) is 5.54 Å². The van der Waals surface area contributed by atoms with Crippen LogP contribution in [-0.2, 0) is 0 Å². The Morgan fingerprint density at radius 3 is 2.62 bits per heavy atom. The zero-order valence-electron chi connectivity index (χ0n) is 9.58. The molecule has 0 fully saturated rings. The molecule has 1 heterocycles. The average Bonchev–Trinajstić information content (AvgIpc) is 2.27. The summed E-state index contributed by atoms with van der Waals surface area (Å²) in [6, 6.07) is 4.49. The highest BCUT2D eigenvalue weighted by Crippen LogP contribution is 2.16. The van der Waals surface area contributed by atoms with Gasteiger partial charge >= 0.3 is 0 Å². The third kappa shape index (κ3) is 2.64. The minimum absolute atomic E-state index is 0.247. The summed E-state index contributed by atoms with van der Waals surface area (Å²) in [5.41, 5.74) is -0.470. The molecule has 4 nitrogen and oxygen atoms in total. The number of hydrogen-bond donors (Lipinski definition) is 1. The van der Waals surface area contributed by atoms with Crippen LogP contribution in [0.25, 0.3) is 0 Å². The van der Waals surface area contributed by atoms with Gasteiger partial charge in [0.15, 0.2) is 0 Å². The lowest BCUT2D eigenvalue weighted by atomic mass is 10.1. The van der Waals surface area contributed by atoms with Crippen LogP contribution in [0.3, 0.4) is 0 Å². The number of carbonyl (C=O) groups is 1. The van der Waals surface area contributed by atoms with Crippen LogP contribution in [0.15, 0.2) is 23.0 Å². The van der Waals surface area contributed by atoms with Crippen LogP contribution in [0.1, 0.15) is 24.3 Å². The lowest BCUT2D eigenvalue weighted by Gasteiger charge is -2.33. The standard InChI is InChI=1S/C11H15ClN2O2/c1-11(2,7-12)14(3)10(16)8-5-4-6-9(15)13-8/h4-6H,7H2,1-3H3,(H,13,15). The number of rotatable bonds is 3. The first-order valence-corrected chi connectivity index (χ1v) is 5.45. The van der Waals surface area contributed by atoms with Crippen LogP contribution in [0.4, 0.5) is 0 Å². The number of carbonyl (C=O) groups excluding carboxylic acids is 1. The maximum atomic E-state index is 12.0. The predicted molar refractivity (Wildman–Crippen MR) is 64.0 cm³/mol. The van der Waals surface area contributed by atoms with Gasteiger partial charge in [-0.3, -0.25) is 9.59 Å². The second-order valence-electron chi connectivity index (χ2n) is 4.24. The lowest BCUT2D eigenvalue weighted by molar-refractivity contribution is 0.0654. The van der Waals surface area contributed by atoms with Crippen molar-refractivity contribution in [1.82, 2.24) is 9.88 Å². The van der Waals surface area contributed by atoms with Gasteiger partial charge in [-0.15, -0.1) is 11.6 Å². The minimum atomic E-state index is -0.453. The van der Waals surface area contributed by atoms with Crippen molar-refractivity contribution in [2.75, 3.05) is 12.9 Å². The number of nitrogens with zero attached hydrogens (tertiary/aromatic N) is 1. The first-order valence-electron chi connectivity index (χ1n) is 4.92. The zero-order valence-corrected chi connectivity index (χ0v) is 10.3. The third-order valence-electron chi connectivity index (χ3n) is 2.54. The second kappa shape index (κ2) is 4.70. The third-order valence-corrected chi connectivity index (χ3v) is 3.19. The van der Waals surface area contributed by atoms with Gasteiger partial charge < -0.3 is 9.88 Å². The SMILES string of the molecule is CN(C(=O)c1cccc(=O)[nH]1)C(C)(C)CCl. The first kappa shape index (κ1) is 12.8. The smallest absolute Gasteiger partial charge is 0.270 e. The Morgan fingerprint density at radius 1 is 1.50 bits per heavy atom. The number of hydrogen-bond acceptors (Lipinski definition) is 2. The Hall–Kier alpha value is -1.29. The summed E-state index contributed by atoms with van der Waals surface area (Å²) < 4.78 is 0. The van der Waals surface area contributed by atoms with Crippen LogP contribution in [0.2, 0.25) is 0 Å². The molecule has 16 heavy (non-hydrogen) atoms. The normalized spacial score (nSPS) is 11.2. The molecule has 0 atom stereocenters. The molecule has 0 aromatic carbocycles. The Labute approximate surface area is 99.2 Å². The van der Waals surface area contributed by atoms with E-state index in [-0.39, 0.29) is 17.2 Å².